The van der Waals surface area contributed by atoms with Gasteiger partial charge in [-0.2, -0.15) is 5.10 Å². The standard InChI is InChI=1S/C11H19N3O2/c1-10-7-13(5-6-16-10)8-11(15)9-14-4-2-3-12-14/h2-4,10-11,15H,5-9H2,1H3. The molecule has 1 aromatic heterocycles. The van der Waals surface area contributed by atoms with Crippen molar-refractivity contribution in [2.24, 2.45) is 0 Å². The zero-order valence-corrected chi connectivity index (χ0v) is 9.62. The van der Waals surface area contributed by atoms with Crippen LogP contribution in [-0.2, 0) is 11.3 Å². The van der Waals surface area contributed by atoms with Crippen LogP contribution in [0, 0.1) is 0 Å². The van der Waals surface area contributed by atoms with Gasteiger partial charge in [0.15, 0.2) is 0 Å². The number of hydrogen-bond acceptors (Lipinski definition) is 4. The zero-order chi connectivity index (χ0) is 11.4. The maximum absolute atomic E-state index is 9.92. The molecule has 0 radical (unpaired) electrons. The average molecular weight is 225 g/mol. The van der Waals surface area contributed by atoms with Crippen LogP contribution in [0.25, 0.3) is 0 Å². The van der Waals surface area contributed by atoms with Gasteiger partial charge in [0.25, 0.3) is 0 Å². The van der Waals surface area contributed by atoms with E-state index in [1.165, 1.54) is 0 Å². The Kier molecular flexibility index (Phi) is 3.93. The van der Waals surface area contributed by atoms with E-state index in [-0.39, 0.29) is 12.2 Å². The number of morpholine rings is 1. The van der Waals surface area contributed by atoms with Crippen LogP contribution in [0.3, 0.4) is 0 Å². The van der Waals surface area contributed by atoms with Gasteiger partial charge in [-0.25, -0.2) is 0 Å². The molecule has 1 fully saturated rings. The number of hydrogen-bond donors (Lipinski definition) is 1. The monoisotopic (exact) mass is 225 g/mol. The SMILES string of the molecule is CC1CN(CC(O)Cn2cccn2)CCO1. The van der Waals surface area contributed by atoms with Crippen molar-refractivity contribution in [3.8, 4) is 0 Å². The van der Waals surface area contributed by atoms with Crippen molar-refractivity contribution in [3.63, 3.8) is 0 Å². The smallest absolute Gasteiger partial charge is 0.0862 e. The van der Waals surface area contributed by atoms with Crippen LogP contribution in [0.1, 0.15) is 6.92 Å². The Labute approximate surface area is 95.6 Å². The number of β-amino-alcohol motifs (C(OH)–C–C–N with tert-alkyl or cyclic N) is 1. The highest BCUT2D eigenvalue weighted by Gasteiger charge is 2.19. The van der Waals surface area contributed by atoms with Gasteiger partial charge in [0.1, 0.15) is 0 Å². The maximum atomic E-state index is 9.92. The summed E-state index contributed by atoms with van der Waals surface area (Å²) in [6, 6.07) is 1.86. The van der Waals surface area contributed by atoms with Crippen molar-refractivity contribution >= 4 is 0 Å². The molecule has 16 heavy (non-hydrogen) atoms. The number of ether oxygens (including phenoxy) is 1. The summed E-state index contributed by atoms with van der Waals surface area (Å²) < 4.78 is 7.21. The molecule has 0 aromatic carbocycles. The number of rotatable bonds is 4. The van der Waals surface area contributed by atoms with Crippen molar-refractivity contribution in [3.05, 3.63) is 18.5 Å². The molecule has 1 aliphatic rings. The summed E-state index contributed by atoms with van der Waals surface area (Å²) >= 11 is 0. The fourth-order valence-electron chi connectivity index (χ4n) is 2.04. The van der Waals surface area contributed by atoms with Crippen LogP contribution >= 0.6 is 0 Å². The van der Waals surface area contributed by atoms with Crippen molar-refractivity contribution < 1.29 is 9.84 Å². The minimum atomic E-state index is -0.370. The summed E-state index contributed by atoms with van der Waals surface area (Å²) in [5.41, 5.74) is 0. The van der Waals surface area contributed by atoms with E-state index in [0.29, 0.717) is 13.1 Å². The molecule has 90 valence electrons. The second-order valence-electron chi connectivity index (χ2n) is 4.32. The lowest BCUT2D eigenvalue weighted by Gasteiger charge is -2.32. The van der Waals surface area contributed by atoms with Gasteiger partial charge >= 0.3 is 0 Å². The molecule has 2 atom stereocenters. The molecular weight excluding hydrogens is 206 g/mol. The second kappa shape index (κ2) is 5.43. The summed E-state index contributed by atoms with van der Waals surface area (Å²) in [5.74, 6) is 0. The van der Waals surface area contributed by atoms with Crippen LogP contribution in [0.5, 0.6) is 0 Å². The number of nitrogens with zero attached hydrogens (tertiary/aromatic N) is 3. The molecule has 2 rings (SSSR count). The maximum Gasteiger partial charge on any atom is 0.0862 e. The number of aliphatic hydroxyl groups is 1. The Morgan fingerprint density at radius 3 is 3.12 bits per heavy atom. The van der Waals surface area contributed by atoms with Gasteiger partial charge in [-0.05, 0) is 13.0 Å². The topological polar surface area (TPSA) is 50.5 Å². The van der Waals surface area contributed by atoms with Crippen molar-refractivity contribution in [1.82, 2.24) is 14.7 Å². The molecule has 0 aliphatic carbocycles. The fraction of sp³-hybridized carbons (Fsp3) is 0.727. The molecule has 0 bridgehead atoms. The predicted octanol–water partition coefficient (Wildman–Crippen LogP) is -0.0353. The van der Waals surface area contributed by atoms with Gasteiger partial charge < -0.3 is 9.84 Å². The van der Waals surface area contributed by atoms with E-state index in [2.05, 4.69) is 16.9 Å². The van der Waals surface area contributed by atoms with Crippen molar-refractivity contribution in [2.75, 3.05) is 26.2 Å². The highest BCUT2D eigenvalue weighted by molar-refractivity contribution is 4.79. The van der Waals surface area contributed by atoms with Crippen LogP contribution in [0.4, 0.5) is 0 Å². The largest absolute Gasteiger partial charge is 0.390 e. The lowest BCUT2D eigenvalue weighted by Crippen LogP contribution is -2.45. The van der Waals surface area contributed by atoms with E-state index in [0.717, 1.165) is 19.7 Å². The Bertz CT molecular complexity index is 302. The molecule has 1 aromatic rings. The molecule has 0 saturated carbocycles. The van der Waals surface area contributed by atoms with Gasteiger partial charge in [-0.15, -0.1) is 0 Å². The first-order valence-corrected chi connectivity index (χ1v) is 5.73. The van der Waals surface area contributed by atoms with Crippen LogP contribution in [0.15, 0.2) is 18.5 Å². The van der Waals surface area contributed by atoms with Crippen LogP contribution < -0.4 is 0 Å². The predicted molar refractivity (Wildman–Crippen MR) is 60.1 cm³/mol. The summed E-state index contributed by atoms with van der Waals surface area (Å²) in [6.45, 7) is 5.87. The minimum absolute atomic E-state index is 0.269. The van der Waals surface area contributed by atoms with Gasteiger partial charge in [0, 0.05) is 32.0 Å². The molecule has 1 N–H and O–H groups in total. The Balaban J connectivity index is 1.76. The van der Waals surface area contributed by atoms with Crippen LogP contribution in [0.2, 0.25) is 0 Å². The van der Waals surface area contributed by atoms with Gasteiger partial charge in [-0.1, -0.05) is 0 Å². The van der Waals surface area contributed by atoms with E-state index >= 15 is 0 Å². The molecule has 2 unspecified atom stereocenters. The van der Waals surface area contributed by atoms with Gasteiger partial charge in [-0.3, -0.25) is 9.58 Å². The molecular formula is C11H19N3O2. The third-order valence-corrected chi connectivity index (χ3v) is 2.75. The number of aromatic nitrogens is 2. The first-order valence-electron chi connectivity index (χ1n) is 5.73. The van der Waals surface area contributed by atoms with E-state index in [4.69, 9.17) is 4.74 Å². The Morgan fingerprint density at radius 1 is 1.56 bits per heavy atom. The average Bonchev–Trinajstić information content (AvgIpc) is 2.70. The molecule has 5 nitrogen and oxygen atoms in total. The first kappa shape index (κ1) is 11.6. The zero-order valence-electron chi connectivity index (χ0n) is 9.62. The molecule has 1 aliphatic heterocycles. The van der Waals surface area contributed by atoms with E-state index < -0.39 is 0 Å². The fourth-order valence-corrected chi connectivity index (χ4v) is 2.04. The van der Waals surface area contributed by atoms with E-state index in [1.807, 2.05) is 12.3 Å². The summed E-state index contributed by atoms with van der Waals surface area (Å²) in [6.07, 6.45) is 3.49. The summed E-state index contributed by atoms with van der Waals surface area (Å²) in [4.78, 5) is 2.24. The lowest BCUT2D eigenvalue weighted by atomic mass is 10.2. The molecule has 0 spiro atoms. The Hall–Kier alpha value is -0.910. The molecule has 1 saturated heterocycles. The summed E-state index contributed by atoms with van der Waals surface area (Å²) in [7, 11) is 0. The van der Waals surface area contributed by atoms with Gasteiger partial charge in [0.2, 0.25) is 0 Å². The van der Waals surface area contributed by atoms with Gasteiger partial charge in [0.05, 0.1) is 25.4 Å². The quantitative estimate of drug-likeness (QED) is 0.781. The number of aliphatic hydroxyl groups excluding tert-OH is 1. The summed E-state index contributed by atoms with van der Waals surface area (Å²) in [5, 5.41) is 14.0. The first-order chi connectivity index (χ1) is 7.74. The molecule has 5 heteroatoms. The van der Waals surface area contributed by atoms with Crippen molar-refractivity contribution in [1.29, 1.82) is 0 Å². The van der Waals surface area contributed by atoms with E-state index in [9.17, 15) is 5.11 Å². The second-order valence-corrected chi connectivity index (χ2v) is 4.32. The molecule has 0 amide bonds. The third kappa shape index (κ3) is 3.30. The molecule has 2 heterocycles. The highest BCUT2D eigenvalue weighted by Crippen LogP contribution is 2.05. The lowest BCUT2D eigenvalue weighted by molar-refractivity contribution is -0.0334. The normalized spacial score (nSPS) is 24.5. The minimum Gasteiger partial charge on any atom is -0.390 e. The Morgan fingerprint density at radius 2 is 2.44 bits per heavy atom. The van der Waals surface area contributed by atoms with Crippen molar-refractivity contribution in [2.45, 2.75) is 25.7 Å². The third-order valence-electron chi connectivity index (χ3n) is 2.75. The van der Waals surface area contributed by atoms with Crippen LogP contribution in [-0.4, -0.2) is 58.2 Å². The van der Waals surface area contributed by atoms with E-state index in [1.54, 1.807) is 10.9 Å². The highest BCUT2D eigenvalue weighted by atomic mass is 16.5.